The largest absolute Gasteiger partial charge is 0.326 e. The van der Waals surface area contributed by atoms with Crippen LogP contribution < -0.4 is 10.5 Å². The number of thiophene rings is 1. The van der Waals surface area contributed by atoms with Crippen molar-refractivity contribution in [1.82, 2.24) is 4.98 Å². The monoisotopic (exact) mass is 283 g/mol. The summed E-state index contributed by atoms with van der Waals surface area (Å²) in [4.78, 5) is 4.90. The average molecular weight is 283 g/mol. The highest BCUT2D eigenvalue weighted by atomic mass is 32.2. The molecule has 7 heteroatoms. The van der Waals surface area contributed by atoms with Crippen molar-refractivity contribution < 1.29 is 8.42 Å². The van der Waals surface area contributed by atoms with Crippen LogP contribution in [0.2, 0.25) is 0 Å². The number of nitrogens with two attached hydrogens (primary N) is 1. The molecule has 0 saturated heterocycles. The van der Waals surface area contributed by atoms with Gasteiger partial charge in [0.05, 0.1) is 5.69 Å². The van der Waals surface area contributed by atoms with E-state index in [1.54, 1.807) is 36.7 Å². The molecule has 2 aromatic heterocycles. The molecule has 96 valence electrons. The Morgan fingerprint density at radius 1 is 1.44 bits per heavy atom. The van der Waals surface area contributed by atoms with Gasteiger partial charge >= 0.3 is 0 Å². The van der Waals surface area contributed by atoms with Crippen molar-refractivity contribution in [2.45, 2.75) is 18.4 Å². The van der Waals surface area contributed by atoms with Gasteiger partial charge in [-0.25, -0.2) is 8.42 Å². The summed E-state index contributed by atoms with van der Waals surface area (Å²) in [6, 6.07) is 4.84. The summed E-state index contributed by atoms with van der Waals surface area (Å²) in [7, 11) is -3.58. The zero-order valence-electron chi connectivity index (χ0n) is 9.75. The first-order valence-corrected chi connectivity index (χ1v) is 7.61. The van der Waals surface area contributed by atoms with Gasteiger partial charge in [0.15, 0.2) is 0 Å². The minimum atomic E-state index is -3.58. The molecular formula is C11H13N3O2S2. The van der Waals surface area contributed by atoms with Crippen LogP contribution in [0, 0.1) is 6.92 Å². The zero-order chi connectivity index (χ0) is 13.2. The summed E-state index contributed by atoms with van der Waals surface area (Å²) in [6.07, 6.45) is 1.56. The van der Waals surface area contributed by atoms with E-state index in [1.165, 1.54) is 11.3 Å². The van der Waals surface area contributed by atoms with Crippen LogP contribution in [0.5, 0.6) is 0 Å². The molecule has 0 aliphatic rings. The maximum absolute atomic E-state index is 12.2. The molecule has 0 bridgehead atoms. The molecule has 0 aromatic carbocycles. The Bertz CT molecular complexity index is 650. The van der Waals surface area contributed by atoms with Gasteiger partial charge in [-0.3, -0.25) is 9.71 Å². The normalized spacial score (nSPS) is 11.4. The second-order valence-electron chi connectivity index (χ2n) is 3.70. The van der Waals surface area contributed by atoms with Crippen molar-refractivity contribution in [3.63, 3.8) is 0 Å². The van der Waals surface area contributed by atoms with Crippen molar-refractivity contribution in [2.75, 3.05) is 4.72 Å². The van der Waals surface area contributed by atoms with Crippen molar-refractivity contribution in [3.05, 3.63) is 40.3 Å². The van der Waals surface area contributed by atoms with Crippen LogP contribution in [0.4, 0.5) is 5.69 Å². The summed E-state index contributed by atoms with van der Waals surface area (Å²) < 4.78 is 26.9. The van der Waals surface area contributed by atoms with Crippen molar-refractivity contribution in [1.29, 1.82) is 0 Å². The number of anilines is 1. The fourth-order valence-corrected chi connectivity index (χ4v) is 3.92. The maximum atomic E-state index is 12.2. The highest BCUT2D eigenvalue weighted by molar-refractivity contribution is 7.93. The van der Waals surface area contributed by atoms with Gasteiger partial charge in [-0.05, 0) is 30.5 Å². The van der Waals surface area contributed by atoms with Crippen molar-refractivity contribution in [2.24, 2.45) is 5.73 Å². The second kappa shape index (κ2) is 5.05. The molecule has 0 radical (unpaired) electrons. The van der Waals surface area contributed by atoms with Crippen LogP contribution in [-0.2, 0) is 16.6 Å². The van der Waals surface area contributed by atoms with E-state index in [9.17, 15) is 8.42 Å². The van der Waals surface area contributed by atoms with E-state index >= 15 is 0 Å². The van der Waals surface area contributed by atoms with E-state index < -0.39 is 10.0 Å². The maximum Gasteiger partial charge on any atom is 0.263 e. The molecule has 0 amide bonds. The third-order valence-electron chi connectivity index (χ3n) is 2.33. The molecule has 2 heterocycles. The predicted molar refractivity (Wildman–Crippen MR) is 72.0 cm³/mol. The fraction of sp³-hybridized carbons (Fsp3) is 0.182. The molecule has 0 aliphatic carbocycles. The van der Waals surface area contributed by atoms with Crippen LogP contribution in [0.25, 0.3) is 0 Å². The van der Waals surface area contributed by atoms with E-state index in [-0.39, 0.29) is 11.4 Å². The molecule has 5 nitrogen and oxygen atoms in total. The van der Waals surface area contributed by atoms with Crippen LogP contribution in [0.1, 0.15) is 10.6 Å². The number of hydrogen-bond donors (Lipinski definition) is 2. The van der Waals surface area contributed by atoms with E-state index in [2.05, 4.69) is 9.71 Å². The van der Waals surface area contributed by atoms with Crippen LogP contribution in [-0.4, -0.2) is 13.4 Å². The number of pyridine rings is 1. The van der Waals surface area contributed by atoms with Gasteiger partial charge in [-0.1, -0.05) is 0 Å². The molecule has 0 atom stereocenters. The first-order valence-electron chi connectivity index (χ1n) is 5.25. The Balaban J connectivity index is 2.33. The Morgan fingerprint density at radius 2 is 2.22 bits per heavy atom. The zero-order valence-corrected chi connectivity index (χ0v) is 11.4. The Morgan fingerprint density at radius 3 is 2.89 bits per heavy atom. The molecule has 0 aliphatic heterocycles. The summed E-state index contributed by atoms with van der Waals surface area (Å²) >= 11 is 1.33. The highest BCUT2D eigenvalue weighted by Crippen LogP contribution is 2.23. The lowest BCUT2D eigenvalue weighted by Crippen LogP contribution is -2.14. The molecule has 0 unspecified atom stereocenters. The lowest BCUT2D eigenvalue weighted by Gasteiger charge is -2.08. The standard InChI is InChI=1S/C11H13N3O2S2/c1-8-6-9(2-4-13-8)14-18(15,16)11-3-5-17-10(11)7-12/h2-6H,7,12H2,1H3,(H,13,14). The van der Waals surface area contributed by atoms with E-state index in [0.29, 0.717) is 10.6 Å². The molecule has 2 aromatic rings. The van der Waals surface area contributed by atoms with Gasteiger partial charge in [0, 0.05) is 23.3 Å². The van der Waals surface area contributed by atoms with Gasteiger partial charge in [-0.2, -0.15) is 0 Å². The SMILES string of the molecule is Cc1cc(NS(=O)(=O)c2ccsc2CN)ccn1. The van der Waals surface area contributed by atoms with Gasteiger partial charge < -0.3 is 5.73 Å². The topological polar surface area (TPSA) is 85.1 Å². The number of nitrogens with zero attached hydrogens (tertiary/aromatic N) is 1. The van der Waals surface area contributed by atoms with Crippen LogP contribution in [0.15, 0.2) is 34.7 Å². The minimum Gasteiger partial charge on any atom is -0.326 e. The summed E-state index contributed by atoms with van der Waals surface area (Å²) in [6.45, 7) is 2.01. The minimum absolute atomic E-state index is 0.212. The quantitative estimate of drug-likeness (QED) is 0.894. The highest BCUT2D eigenvalue weighted by Gasteiger charge is 2.19. The number of aromatic nitrogens is 1. The second-order valence-corrected chi connectivity index (χ2v) is 6.36. The van der Waals surface area contributed by atoms with Crippen LogP contribution in [0.3, 0.4) is 0 Å². The van der Waals surface area contributed by atoms with E-state index in [0.717, 1.165) is 5.69 Å². The lowest BCUT2D eigenvalue weighted by atomic mass is 10.3. The van der Waals surface area contributed by atoms with Gasteiger partial charge in [0.1, 0.15) is 4.90 Å². The summed E-state index contributed by atoms with van der Waals surface area (Å²) in [5, 5.41) is 1.72. The van der Waals surface area contributed by atoms with Gasteiger partial charge in [-0.15, -0.1) is 11.3 Å². The first-order chi connectivity index (χ1) is 8.53. The first kappa shape index (κ1) is 13.0. The molecule has 18 heavy (non-hydrogen) atoms. The predicted octanol–water partition coefficient (Wildman–Crippen LogP) is 1.71. The molecule has 0 saturated carbocycles. The molecule has 0 fully saturated rings. The summed E-state index contributed by atoms with van der Waals surface area (Å²) in [5.41, 5.74) is 6.76. The van der Waals surface area contributed by atoms with Crippen molar-refractivity contribution >= 4 is 27.0 Å². The number of sulfonamides is 1. The number of nitrogens with one attached hydrogen (secondary N) is 1. The molecule has 3 N–H and O–H groups in total. The van der Waals surface area contributed by atoms with E-state index in [1.807, 2.05) is 0 Å². The third kappa shape index (κ3) is 2.69. The molecule has 0 spiro atoms. The lowest BCUT2D eigenvalue weighted by molar-refractivity contribution is 0.600. The number of hydrogen-bond acceptors (Lipinski definition) is 5. The Kier molecular flexibility index (Phi) is 3.65. The van der Waals surface area contributed by atoms with Gasteiger partial charge in [0.2, 0.25) is 0 Å². The van der Waals surface area contributed by atoms with E-state index in [4.69, 9.17) is 5.73 Å². The smallest absolute Gasteiger partial charge is 0.263 e. The molecule has 2 rings (SSSR count). The third-order valence-corrected chi connectivity index (χ3v) is 4.87. The van der Waals surface area contributed by atoms with Crippen molar-refractivity contribution in [3.8, 4) is 0 Å². The summed E-state index contributed by atoms with van der Waals surface area (Å²) in [5.74, 6) is 0. The average Bonchev–Trinajstić information content (AvgIpc) is 2.77. The van der Waals surface area contributed by atoms with Gasteiger partial charge in [0.25, 0.3) is 10.0 Å². The Labute approximate surface area is 110 Å². The number of aryl methyl sites for hydroxylation is 1. The number of rotatable bonds is 4. The Hall–Kier alpha value is -1.44. The van der Waals surface area contributed by atoms with Crippen LogP contribution >= 0.6 is 11.3 Å². The fourth-order valence-electron chi connectivity index (χ4n) is 1.54. The molecular weight excluding hydrogens is 270 g/mol.